The van der Waals surface area contributed by atoms with E-state index in [2.05, 4.69) is 50.2 Å². The Hall–Kier alpha value is -1.23. The Bertz CT molecular complexity index is 236. The molecular weight excluding hydrogens is 371 g/mol. The number of hydrogen-bond acceptors (Lipinski definition) is 4. The molecule has 0 unspecified atom stereocenters. The molecule has 0 saturated carbocycles. The molecule has 0 fully saturated rings. The Labute approximate surface area is 197 Å². The highest BCUT2D eigenvalue weighted by Gasteiger charge is 1.93. The van der Waals surface area contributed by atoms with Gasteiger partial charge in [-0.15, -0.1) is 0 Å². The molecule has 0 bridgehead atoms. The van der Waals surface area contributed by atoms with Crippen LogP contribution < -0.4 is 5.73 Å². The summed E-state index contributed by atoms with van der Waals surface area (Å²) in [4.78, 5) is 19.6. The van der Waals surface area contributed by atoms with Crippen LogP contribution in [0.4, 0.5) is 0 Å². The van der Waals surface area contributed by atoms with E-state index in [1.165, 1.54) is 46.6 Å². The molecule has 7 radical (unpaired) electrons. The number of rotatable bonds is 0. The van der Waals surface area contributed by atoms with Crippen LogP contribution in [0.3, 0.4) is 0 Å². The Kier molecular flexibility index (Phi) is 220. The molecule has 0 aliphatic heterocycles. The normalized spacial score (nSPS) is 8.27. The third-order valence-corrected chi connectivity index (χ3v) is 1.62. The summed E-state index contributed by atoms with van der Waals surface area (Å²) in [6.07, 6.45) is 14.0. The van der Waals surface area contributed by atoms with Gasteiger partial charge in [0.15, 0.2) is 0 Å². The second-order valence-corrected chi connectivity index (χ2v) is 3.18. The number of carbonyl (C=O) groups excluding carboxylic acids is 2. The Balaban J connectivity index is -0.0000000196. The molecule has 4 nitrogen and oxygen atoms in total. The molecule has 2 aliphatic rings. The average molecular weight is 426 g/mol. The first-order valence-electron chi connectivity index (χ1n) is 10.0. The molecule has 7 heteroatoms. The SMILES string of the molecule is C.C.C1=CCC1.C1=CCC1.CC.CC.CC.CC.CC(=O)OC(C)=O.CN.[B].[B][B]. The van der Waals surface area contributed by atoms with Crippen LogP contribution in [-0.4, -0.2) is 42.9 Å². The van der Waals surface area contributed by atoms with E-state index in [1.807, 2.05) is 55.4 Å². The summed E-state index contributed by atoms with van der Waals surface area (Å²) in [5.74, 6) is -1.12. The van der Waals surface area contributed by atoms with Gasteiger partial charge in [-0.3, -0.25) is 9.59 Å². The molecule has 0 aromatic carbocycles. The highest BCUT2D eigenvalue weighted by atomic mass is 16.6. The van der Waals surface area contributed by atoms with Crippen LogP contribution in [-0.2, 0) is 14.3 Å². The van der Waals surface area contributed by atoms with E-state index in [1.54, 1.807) is 0 Å². The predicted molar refractivity (Wildman–Crippen MR) is 145 cm³/mol. The topological polar surface area (TPSA) is 69.4 Å². The summed E-state index contributed by atoms with van der Waals surface area (Å²) in [5.41, 5.74) is 4.50. The molecule has 2 rings (SSSR count). The van der Waals surface area contributed by atoms with Crippen molar-refractivity contribution in [3.8, 4) is 0 Å². The van der Waals surface area contributed by atoms with Crippen molar-refractivity contribution in [2.24, 2.45) is 5.73 Å². The second kappa shape index (κ2) is 105. The van der Waals surface area contributed by atoms with Gasteiger partial charge in [0.2, 0.25) is 0 Å². The maximum absolute atomic E-state index is 9.81. The summed E-state index contributed by atoms with van der Waals surface area (Å²) in [7, 11) is 9.50. The van der Waals surface area contributed by atoms with E-state index in [0.717, 1.165) is 0 Å². The molecule has 0 spiro atoms. The molecule has 0 amide bonds. The minimum absolute atomic E-state index is 0. The third-order valence-electron chi connectivity index (χ3n) is 1.62. The first-order valence-corrected chi connectivity index (χ1v) is 10.0. The number of esters is 2. The number of carbonyl (C=O) groups is 2. The molecule has 0 aromatic heterocycles. The molecule has 2 aliphatic carbocycles. The van der Waals surface area contributed by atoms with E-state index in [4.69, 9.17) is 0 Å². The van der Waals surface area contributed by atoms with E-state index in [9.17, 15) is 9.59 Å². The largest absolute Gasteiger partial charge is 0.394 e. The Morgan fingerprint density at radius 1 is 0.633 bits per heavy atom. The van der Waals surface area contributed by atoms with Gasteiger partial charge in [0.1, 0.15) is 0 Å². The van der Waals surface area contributed by atoms with Crippen molar-refractivity contribution in [3.63, 3.8) is 0 Å². The quantitative estimate of drug-likeness (QED) is 0.206. The van der Waals surface area contributed by atoms with Crippen molar-refractivity contribution in [1.29, 1.82) is 0 Å². The fourth-order valence-corrected chi connectivity index (χ4v) is 0.536. The minimum Gasteiger partial charge on any atom is -0.394 e. The lowest BCUT2D eigenvalue weighted by Crippen LogP contribution is -2.03. The van der Waals surface area contributed by atoms with E-state index < -0.39 is 11.9 Å². The lowest BCUT2D eigenvalue weighted by molar-refractivity contribution is -0.156. The summed E-state index contributed by atoms with van der Waals surface area (Å²) in [5, 5.41) is 0. The zero-order chi connectivity index (χ0) is 23.5. The average Bonchev–Trinajstić information content (AvgIpc) is 2.61. The predicted octanol–water partition coefficient (Wildman–Crippen LogP) is 6.58. The van der Waals surface area contributed by atoms with Crippen LogP contribution >= 0.6 is 0 Å². The van der Waals surface area contributed by atoms with Gasteiger partial charge in [-0.2, -0.15) is 0 Å². The van der Waals surface area contributed by atoms with Crippen LogP contribution in [0.15, 0.2) is 24.3 Å². The first-order chi connectivity index (χ1) is 13.1. The highest BCUT2D eigenvalue weighted by Crippen LogP contribution is 2.02. The van der Waals surface area contributed by atoms with E-state index in [0.29, 0.717) is 0 Å². The van der Waals surface area contributed by atoms with Crippen molar-refractivity contribution in [2.75, 3.05) is 7.05 Å². The lowest BCUT2D eigenvalue weighted by atomic mass is 9.81. The summed E-state index contributed by atoms with van der Waals surface area (Å²) < 4.78 is 3.97. The van der Waals surface area contributed by atoms with Gasteiger partial charge in [-0.25, -0.2) is 0 Å². The van der Waals surface area contributed by atoms with E-state index in [-0.39, 0.29) is 23.3 Å². The van der Waals surface area contributed by atoms with Crippen LogP contribution in [0.1, 0.15) is 110 Å². The lowest BCUT2D eigenvalue weighted by Gasteiger charge is -1.92. The van der Waals surface area contributed by atoms with Gasteiger partial charge in [-0.05, 0) is 32.7 Å². The van der Waals surface area contributed by atoms with Crippen LogP contribution in [0.2, 0.25) is 0 Å². The molecule has 30 heavy (non-hydrogen) atoms. The van der Waals surface area contributed by atoms with Gasteiger partial charge in [0.25, 0.3) is 0 Å². The fourth-order valence-electron chi connectivity index (χ4n) is 0.536. The summed E-state index contributed by atoms with van der Waals surface area (Å²) in [6, 6.07) is 0. The smallest absolute Gasteiger partial charge is 0.310 e. The second-order valence-electron chi connectivity index (χ2n) is 3.18. The third kappa shape index (κ3) is 153. The van der Waals surface area contributed by atoms with Gasteiger partial charge < -0.3 is 10.5 Å². The van der Waals surface area contributed by atoms with Crippen LogP contribution in [0, 0.1) is 0 Å². The molecule has 0 heterocycles. The van der Waals surface area contributed by atoms with E-state index >= 15 is 0 Å². The standard InChI is InChI=1S/C4H6O3.2C4H6.4C2H6.CH5N.2CH4.B2.B/c1-3(5)7-4(2)6;2*1-2-4-3-1;5*1-2;;;1-2;/h1-2H3;2*1-2H,3-4H2;4*1-2H3;2H2,1H3;2*1H4;;. The molecule has 0 aromatic rings. The minimum atomic E-state index is -0.562. The van der Waals surface area contributed by atoms with Crippen molar-refractivity contribution in [3.05, 3.63) is 24.3 Å². The van der Waals surface area contributed by atoms with Crippen LogP contribution in [0.25, 0.3) is 0 Å². The van der Waals surface area contributed by atoms with Crippen molar-refractivity contribution in [2.45, 2.75) is 110 Å². The number of nitrogens with two attached hydrogens (primary N) is 1. The number of allylic oxidation sites excluding steroid dienone is 4. The summed E-state index contributed by atoms with van der Waals surface area (Å²) in [6.45, 7) is 18.4. The first kappa shape index (κ1) is 63.0. The van der Waals surface area contributed by atoms with Crippen molar-refractivity contribution in [1.82, 2.24) is 0 Å². The Morgan fingerprint density at radius 3 is 0.733 bits per heavy atom. The van der Waals surface area contributed by atoms with Gasteiger partial charge in [-0.1, -0.05) is 94.5 Å². The molecule has 2 N–H and O–H groups in total. The van der Waals surface area contributed by atoms with Gasteiger partial charge in [0.05, 0.1) is 0 Å². The maximum atomic E-state index is 9.81. The molecule has 0 atom stereocenters. The zero-order valence-corrected chi connectivity index (χ0v) is 20.7. The van der Waals surface area contributed by atoms with Gasteiger partial charge in [0, 0.05) is 37.7 Å². The monoisotopic (exact) mass is 426 g/mol. The van der Waals surface area contributed by atoms with Gasteiger partial charge >= 0.3 is 11.9 Å². The van der Waals surface area contributed by atoms with Crippen molar-refractivity contribution >= 4 is 35.8 Å². The Morgan fingerprint density at radius 2 is 0.733 bits per heavy atom. The number of hydrogen-bond donors (Lipinski definition) is 1. The summed E-state index contributed by atoms with van der Waals surface area (Å²) >= 11 is 0. The maximum Gasteiger partial charge on any atom is 0.310 e. The molecule has 179 valence electrons. The van der Waals surface area contributed by atoms with Crippen LogP contribution in [0.5, 0.6) is 0 Å². The highest BCUT2D eigenvalue weighted by molar-refractivity contribution is 6.75. The number of ether oxygens (including phenoxy) is 1. The molecule has 0 saturated heterocycles. The zero-order valence-electron chi connectivity index (χ0n) is 20.7. The fraction of sp³-hybridized carbons (Fsp3) is 0.739. The molecular formula is C23H55B3NO3. The van der Waals surface area contributed by atoms with Crippen molar-refractivity contribution < 1.29 is 14.3 Å².